The van der Waals surface area contributed by atoms with Crippen LogP contribution in [0, 0.1) is 0 Å². The minimum absolute atomic E-state index is 0.548. The van der Waals surface area contributed by atoms with Gasteiger partial charge in [0.05, 0.1) is 28.9 Å². The van der Waals surface area contributed by atoms with Crippen molar-refractivity contribution in [2.45, 2.75) is 24.4 Å². The molecule has 0 aliphatic heterocycles. The highest BCUT2D eigenvalue weighted by atomic mass is 16.6. The van der Waals surface area contributed by atoms with Crippen molar-refractivity contribution in [3.05, 3.63) is 70.8 Å². The van der Waals surface area contributed by atoms with Gasteiger partial charge < -0.3 is 90.4 Å². The molecule has 14 N–H and O–H groups in total. The molecule has 56 heavy (non-hydrogen) atoms. The summed E-state index contributed by atoms with van der Waals surface area (Å²) in [5.74, 6) is -19.0. The van der Waals surface area contributed by atoms with E-state index in [0.29, 0.717) is 48.5 Å². The van der Waals surface area contributed by atoms with Gasteiger partial charge in [-0.15, -0.1) is 0 Å². The normalized spacial score (nSPS) is 13.1. The number of rotatable bonds is 13. The fraction of sp³-hybridized carbons (Fsp3) is 0.176. The minimum atomic E-state index is -2.51. The standard InChI is InChI=1S/C34H30O22/c35-9-23(44)29(55-33(51)13-5-19(40)27(47)20(41)6-13)30(56-34(52)14-7-21(42)28(48)22(43)8-14)24(54-32(50)12-3-17(38)26(46)18(39)4-12)10-53-31(49)11-1-15(36)25(45)16(37)2-11/h1-8,23-24,29-30,35-48H,9-10H2/t23-,24+,29-,30-/m1/s1. The number of phenols is 12. The average molecular weight is 791 g/mol. The van der Waals surface area contributed by atoms with Gasteiger partial charge in [-0.05, 0) is 48.5 Å². The first-order valence-corrected chi connectivity index (χ1v) is 15.3. The van der Waals surface area contributed by atoms with Gasteiger partial charge in [-0.1, -0.05) is 0 Å². The smallest absolute Gasteiger partial charge is 0.338 e. The Labute approximate surface area is 310 Å². The van der Waals surface area contributed by atoms with Gasteiger partial charge in [0.1, 0.15) is 12.7 Å². The number of hydrogen-bond donors (Lipinski definition) is 14. The summed E-state index contributed by atoms with van der Waals surface area (Å²) in [6, 6.07) is 4.58. The molecule has 22 heteroatoms. The van der Waals surface area contributed by atoms with E-state index in [0.717, 1.165) is 0 Å². The van der Waals surface area contributed by atoms with Crippen LogP contribution in [0.4, 0.5) is 0 Å². The molecule has 298 valence electrons. The molecule has 22 nitrogen and oxygen atoms in total. The van der Waals surface area contributed by atoms with E-state index in [1.54, 1.807) is 0 Å². The largest absolute Gasteiger partial charge is 0.504 e. The number of aliphatic hydroxyl groups is 2. The SMILES string of the molecule is O=C(OC[C@H](OC(=O)c1cc(O)c(O)c(O)c1)[C@@H](OC(=O)c1cc(O)c(O)c(O)c1)[C@H](OC(=O)c1cc(O)c(O)c(O)c1)[C@H](O)CO)c1cc(O)c(O)c(O)c1. The van der Waals surface area contributed by atoms with Gasteiger partial charge in [-0.3, -0.25) is 0 Å². The number of carbonyl (C=O) groups is 4. The number of benzene rings is 4. The Hall–Kier alpha value is -7.72. The zero-order valence-electron chi connectivity index (χ0n) is 27.9. The summed E-state index contributed by atoms with van der Waals surface area (Å²) >= 11 is 0. The van der Waals surface area contributed by atoms with Crippen LogP contribution >= 0.6 is 0 Å². The molecule has 4 rings (SSSR count). The third-order valence-corrected chi connectivity index (χ3v) is 7.60. The van der Waals surface area contributed by atoms with Gasteiger partial charge >= 0.3 is 23.9 Å². The Morgan fingerprint density at radius 2 is 0.696 bits per heavy atom. The van der Waals surface area contributed by atoms with Crippen molar-refractivity contribution in [1.82, 2.24) is 0 Å². The Kier molecular flexibility index (Phi) is 12.1. The van der Waals surface area contributed by atoms with Crippen LogP contribution in [0.3, 0.4) is 0 Å². The second kappa shape index (κ2) is 16.5. The van der Waals surface area contributed by atoms with Crippen LogP contribution in [0.5, 0.6) is 69.0 Å². The van der Waals surface area contributed by atoms with E-state index >= 15 is 0 Å². The molecule has 4 aromatic rings. The number of phenolic OH excluding ortho intramolecular Hbond substituents is 12. The van der Waals surface area contributed by atoms with Crippen molar-refractivity contribution < 1.29 is 110 Å². The van der Waals surface area contributed by atoms with Gasteiger partial charge in [0.2, 0.25) is 0 Å². The molecule has 0 aliphatic carbocycles. The maximum atomic E-state index is 13.5. The molecule has 0 saturated heterocycles. The minimum Gasteiger partial charge on any atom is -0.504 e. The zero-order chi connectivity index (χ0) is 41.8. The summed E-state index contributed by atoms with van der Waals surface area (Å²) in [7, 11) is 0. The predicted octanol–water partition coefficient (Wildman–Crippen LogP) is 0.341. The monoisotopic (exact) mass is 790 g/mol. The molecule has 0 radical (unpaired) electrons. The summed E-state index contributed by atoms with van der Waals surface area (Å²) in [4.78, 5) is 53.3. The number of aliphatic hydroxyl groups excluding tert-OH is 2. The van der Waals surface area contributed by atoms with Crippen LogP contribution in [0.15, 0.2) is 48.5 Å². The molecule has 4 atom stereocenters. The van der Waals surface area contributed by atoms with E-state index < -0.39 is 153 Å². The number of esters is 4. The molecule has 0 spiro atoms. The topological polar surface area (TPSA) is 388 Å². The average Bonchev–Trinajstić information content (AvgIpc) is 3.15. The highest BCUT2D eigenvalue weighted by molar-refractivity contribution is 5.94. The van der Waals surface area contributed by atoms with Crippen molar-refractivity contribution >= 4 is 23.9 Å². The third-order valence-electron chi connectivity index (χ3n) is 7.60. The van der Waals surface area contributed by atoms with Crippen LogP contribution in [-0.4, -0.2) is 133 Å². The molecule has 0 saturated carbocycles. The third kappa shape index (κ3) is 8.90. The Bertz CT molecular complexity index is 2090. The van der Waals surface area contributed by atoms with Crippen LogP contribution in [0.1, 0.15) is 41.4 Å². The first-order valence-electron chi connectivity index (χ1n) is 15.3. The number of ether oxygens (including phenoxy) is 4. The quantitative estimate of drug-likeness (QED) is 0.0493. The van der Waals surface area contributed by atoms with Gasteiger partial charge in [-0.2, -0.15) is 0 Å². The van der Waals surface area contributed by atoms with E-state index in [9.17, 15) is 90.7 Å². The predicted molar refractivity (Wildman–Crippen MR) is 177 cm³/mol. The van der Waals surface area contributed by atoms with Gasteiger partial charge in [0.25, 0.3) is 0 Å². The Balaban J connectivity index is 1.86. The summed E-state index contributed by atoms with van der Waals surface area (Å²) in [5, 5.41) is 139. The number of carbonyl (C=O) groups excluding carboxylic acids is 4. The second-order valence-electron chi connectivity index (χ2n) is 11.5. The first kappa shape index (κ1) is 41.0. The Morgan fingerprint density at radius 1 is 0.429 bits per heavy atom. The zero-order valence-corrected chi connectivity index (χ0v) is 27.9. The molecular weight excluding hydrogens is 760 g/mol. The molecule has 0 fully saturated rings. The molecule has 0 unspecified atom stereocenters. The van der Waals surface area contributed by atoms with Crippen LogP contribution in [0.2, 0.25) is 0 Å². The lowest BCUT2D eigenvalue weighted by molar-refractivity contribution is -0.135. The molecule has 0 aliphatic rings. The second-order valence-corrected chi connectivity index (χ2v) is 11.5. The lowest BCUT2D eigenvalue weighted by atomic mass is 10.0. The molecular formula is C34H30O22. The van der Waals surface area contributed by atoms with E-state index in [2.05, 4.69) is 0 Å². The van der Waals surface area contributed by atoms with Gasteiger partial charge in [0.15, 0.2) is 87.3 Å². The van der Waals surface area contributed by atoms with Crippen molar-refractivity contribution in [2.24, 2.45) is 0 Å². The Morgan fingerprint density at radius 3 is 1.00 bits per heavy atom. The van der Waals surface area contributed by atoms with Gasteiger partial charge in [0, 0.05) is 0 Å². The maximum Gasteiger partial charge on any atom is 0.338 e. The maximum absolute atomic E-state index is 13.5. The molecule has 0 heterocycles. The van der Waals surface area contributed by atoms with Crippen LogP contribution < -0.4 is 0 Å². The number of aromatic hydroxyl groups is 12. The van der Waals surface area contributed by atoms with Crippen LogP contribution in [0.25, 0.3) is 0 Å². The fourth-order valence-corrected chi connectivity index (χ4v) is 4.74. The summed E-state index contributed by atoms with van der Waals surface area (Å²) < 4.78 is 21.1. The van der Waals surface area contributed by atoms with Crippen molar-refractivity contribution in [3.8, 4) is 69.0 Å². The van der Waals surface area contributed by atoms with Crippen molar-refractivity contribution in [1.29, 1.82) is 0 Å². The van der Waals surface area contributed by atoms with E-state index in [4.69, 9.17) is 18.9 Å². The molecule has 0 bridgehead atoms. The van der Waals surface area contributed by atoms with Gasteiger partial charge in [-0.25, -0.2) is 19.2 Å². The fourth-order valence-electron chi connectivity index (χ4n) is 4.74. The van der Waals surface area contributed by atoms with E-state index in [1.807, 2.05) is 0 Å². The molecule has 4 aromatic carbocycles. The lowest BCUT2D eigenvalue weighted by Crippen LogP contribution is -2.53. The molecule has 0 aromatic heterocycles. The van der Waals surface area contributed by atoms with E-state index in [1.165, 1.54) is 0 Å². The number of hydrogen-bond acceptors (Lipinski definition) is 22. The van der Waals surface area contributed by atoms with Crippen molar-refractivity contribution in [2.75, 3.05) is 13.2 Å². The molecule has 0 amide bonds. The van der Waals surface area contributed by atoms with Crippen molar-refractivity contribution in [3.63, 3.8) is 0 Å². The summed E-state index contributed by atoms with van der Waals surface area (Å²) in [5.41, 5.74) is -2.96. The van der Waals surface area contributed by atoms with E-state index in [-0.39, 0.29) is 0 Å². The lowest BCUT2D eigenvalue weighted by Gasteiger charge is -2.34. The summed E-state index contributed by atoms with van der Waals surface area (Å²) in [6.45, 7) is -2.69. The highest BCUT2D eigenvalue weighted by Crippen LogP contribution is 2.39. The highest BCUT2D eigenvalue weighted by Gasteiger charge is 2.44. The summed E-state index contributed by atoms with van der Waals surface area (Å²) in [6.07, 6.45) is -9.70. The first-order chi connectivity index (χ1) is 26.2. The van der Waals surface area contributed by atoms with Crippen LogP contribution in [-0.2, 0) is 18.9 Å².